The summed E-state index contributed by atoms with van der Waals surface area (Å²) in [7, 11) is 0. The van der Waals surface area contributed by atoms with Crippen LogP contribution < -0.4 is 5.32 Å². The van der Waals surface area contributed by atoms with Gasteiger partial charge in [0, 0.05) is 25.2 Å². The maximum absolute atomic E-state index is 4.65. The van der Waals surface area contributed by atoms with E-state index in [9.17, 15) is 0 Å². The van der Waals surface area contributed by atoms with Crippen molar-refractivity contribution in [2.75, 3.05) is 6.54 Å². The Labute approximate surface area is 98.2 Å². The number of nitrogens with one attached hydrogen (secondary N) is 1. The molecule has 16 heavy (non-hydrogen) atoms. The third-order valence-electron chi connectivity index (χ3n) is 3.37. The van der Waals surface area contributed by atoms with E-state index < -0.39 is 0 Å². The van der Waals surface area contributed by atoms with E-state index >= 15 is 0 Å². The molecule has 1 N–H and O–H groups in total. The molecule has 1 fully saturated rings. The number of nitrogens with zero attached hydrogens (tertiary/aromatic N) is 2. The molecular formula is C13H23N3. The SMILES string of the molecule is CCC(CC)n1ccc(CCNC2CC2)n1. The number of hydrogen-bond donors (Lipinski definition) is 1. The molecule has 0 radical (unpaired) electrons. The Hall–Kier alpha value is -0.830. The Morgan fingerprint density at radius 2 is 2.19 bits per heavy atom. The summed E-state index contributed by atoms with van der Waals surface area (Å²) in [4.78, 5) is 0. The maximum atomic E-state index is 4.65. The topological polar surface area (TPSA) is 29.9 Å². The van der Waals surface area contributed by atoms with E-state index in [0.717, 1.165) is 31.8 Å². The van der Waals surface area contributed by atoms with Gasteiger partial charge in [0.25, 0.3) is 0 Å². The summed E-state index contributed by atoms with van der Waals surface area (Å²) < 4.78 is 2.13. The Balaban J connectivity index is 1.80. The van der Waals surface area contributed by atoms with Gasteiger partial charge in [-0.15, -0.1) is 0 Å². The molecule has 1 aromatic rings. The number of rotatable bonds is 7. The summed E-state index contributed by atoms with van der Waals surface area (Å²) in [6.07, 6.45) is 8.24. The average molecular weight is 221 g/mol. The van der Waals surface area contributed by atoms with Gasteiger partial charge in [-0.3, -0.25) is 4.68 Å². The van der Waals surface area contributed by atoms with Crippen LogP contribution in [0.1, 0.15) is 51.3 Å². The van der Waals surface area contributed by atoms with Crippen LogP contribution in [-0.2, 0) is 6.42 Å². The van der Waals surface area contributed by atoms with Crippen molar-refractivity contribution in [3.8, 4) is 0 Å². The van der Waals surface area contributed by atoms with Crippen molar-refractivity contribution in [3.63, 3.8) is 0 Å². The number of hydrogen-bond acceptors (Lipinski definition) is 2. The first-order chi connectivity index (χ1) is 7.83. The second-order valence-corrected chi connectivity index (χ2v) is 4.74. The molecule has 1 aliphatic carbocycles. The van der Waals surface area contributed by atoms with Crippen molar-refractivity contribution in [2.24, 2.45) is 0 Å². The molecule has 3 nitrogen and oxygen atoms in total. The Bertz CT molecular complexity index is 311. The Morgan fingerprint density at radius 3 is 2.81 bits per heavy atom. The first-order valence-corrected chi connectivity index (χ1v) is 6.61. The van der Waals surface area contributed by atoms with E-state index in [-0.39, 0.29) is 0 Å². The minimum atomic E-state index is 0.574. The first kappa shape index (κ1) is 11.6. The number of aromatic nitrogens is 2. The molecule has 0 bridgehead atoms. The van der Waals surface area contributed by atoms with Crippen LogP contribution in [0.2, 0.25) is 0 Å². The van der Waals surface area contributed by atoms with E-state index in [0.29, 0.717) is 6.04 Å². The summed E-state index contributed by atoms with van der Waals surface area (Å²) in [6.45, 7) is 5.53. The highest BCUT2D eigenvalue weighted by molar-refractivity contribution is 5.00. The van der Waals surface area contributed by atoms with Crippen LogP contribution in [0.5, 0.6) is 0 Å². The zero-order valence-electron chi connectivity index (χ0n) is 10.4. The highest BCUT2D eigenvalue weighted by atomic mass is 15.3. The first-order valence-electron chi connectivity index (χ1n) is 6.61. The molecule has 0 saturated heterocycles. The lowest BCUT2D eigenvalue weighted by molar-refractivity contribution is 0.425. The van der Waals surface area contributed by atoms with E-state index in [1.54, 1.807) is 0 Å². The van der Waals surface area contributed by atoms with Crippen molar-refractivity contribution in [2.45, 2.75) is 58.0 Å². The zero-order chi connectivity index (χ0) is 11.4. The van der Waals surface area contributed by atoms with Gasteiger partial charge in [-0.05, 0) is 31.7 Å². The lowest BCUT2D eigenvalue weighted by atomic mass is 10.2. The average Bonchev–Trinajstić information content (AvgIpc) is 3.00. The fraction of sp³-hybridized carbons (Fsp3) is 0.769. The second-order valence-electron chi connectivity index (χ2n) is 4.74. The van der Waals surface area contributed by atoms with Gasteiger partial charge >= 0.3 is 0 Å². The molecule has 1 heterocycles. The largest absolute Gasteiger partial charge is 0.314 e. The quantitative estimate of drug-likeness (QED) is 0.767. The molecule has 3 heteroatoms. The molecule has 1 aliphatic rings. The smallest absolute Gasteiger partial charge is 0.0637 e. The van der Waals surface area contributed by atoms with Crippen molar-refractivity contribution in [1.29, 1.82) is 0 Å². The molecule has 0 aliphatic heterocycles. The van der Waals surface area contributed by atoms with Crippen LogP contribution in [0.25, 0.3) is 0 Å². The lowest BCUT2D eigenvalue weighted by Gasteiger charge is -2.12. The van der Waals surface area contributed by atoms with Crippen LogP contribution in [0.3, 0.4) is 0 Å². The molecule has 90 valence electrons. The molecule has 1 aromatic heterocycles. The summed E-state index contributed by atoms with van der Waals surface area (Å²) >= 11 is 0. The molecule has 0 amide bonds. The van der Waals surface area contributed by atoms with Gasteiger partial charge < -0.3 is 5.32 Å². The van der Waals surface area contributed by atoms with Crippen molar-refractivity contribution in [3.05, 3.63) is 18.0 Å². The van der Waals surface area contributed by atoms with E-state index in [2.05, 4.69) is 41.2 Å². The van der Waals surface area contributed by atoms with Gasteiger partial charge in [-0.2, -0.15) is 5.10 Å². The molecule has 1 saturated carbocycles. The highest BCUT2D eigenvalue weighted by Crippen LogP contribution is 2.18. The Kier molecular flexibility index (Phi) is 3.99. The van der Waals surface area contributed by atoms with Crippen molar-refractivity contribution in [1.82, 2.24) is 15.1 Å². The fourth-order valence-corrected chi connectivity index (χ4v) is 2.07. The van der Waals surface area contributed by atoms with Gasteiger partial charge in [-0.25, -0.2) is 0 Å². The normalized spacial score (nSPS) is 15.9. The van der Waals surface area contributed by atoms with Crippen molar-refractivity contribution >= 4 is 0 Å². The van der Waals surface area contributed by atoms with E-state index in [1.165, 1.54) is 18.5 Å². The highest BCUT2D eigenvalue weighted by Gasteiger charge is 2.19. The third kappa shape index (κ3) is 3.08. The molecule has 2 rings (SSSR count). The maximum Gasteiger partial charge on any atom is 0.0637 e. The monoisotopic (exact) mass is 221 g/mol. The molecule has 0 unspecified atom stereocenters. The van der Waals surface area contributed by atoms with Crippen molar-refractivity contribution < 1.29 is 0 Å². The minimum Gasteiger partial charge on any atom is -0.314 e. The predicted octanol–water partition coefficient (Wildman–Crippen LogP) is 2.54. The van der Waals surface area contributed by atoms with Gasteiger partial charge in [0.15, 0.2) is 0 Å². The summed E-state index contributed by atoms with van der Waals surface area (Å²) in [5, 5.41) is 8.17. The van der Waals surface area contributed by atoms with E-state index in [1.807, 2.05) is 0 Å². The second kappa shape index (κ2) is 5.48. The minimum absolute atomic E-state index is 0.574. The van der Waals surface area contributed by atoms with Crippen LogP contribution in [0.15, 0.2) is 12.3 Å². The molecular weight excluding hydrogens is 198 g/mol. The van der Waals surface area contributed by atoms with Gasteiger partial charge in [0.2, 0.25) is 0 Å². The molecule has 0 spiro atoms. The molecule has 0 aromatic carbocycles. The summed E-state index contributed by atoms with van der Waals surface area (Å²) in [5.41, 5.74) is 1.22. The van der Waals surface area contributed by atoms with Gasteiger partial charge in [-0.1, -0.05) is 13.8 Å². The van der Waals surface area contributed by atoms with Crippen LogP contribution in [0, 0.1) is 0 Å². The Morgan fingerprint density at radius 1 is 1.44 bits per heavy atom. The fourth-order valence-electron chi connectivity index (χ4n) is 2.07. The zero-order valence-corrected chi connectivity index (χ0v) is 10.4. The van der Waals surface area contributed by atoms with Gasteiger partial charge in [0.05, 0.1) is 11.7 Å². The molecule has 0 atom stereocenters. The van der Waals surface area contributed by atoms with E-state index in [4.69, 9.17) is 0 Å². The van der Waals surface area contributed by atoms with Crippen LogP contribution in [-0.4, -0.2) is 22.4 Å². The van der Waals surface area contributed by atoms with Gasteiger partial charge in [0.1, 0.15) is 0 Å². The lowest BCUT2D eigenvalue weighted by Crippen LogP contribution is -2.19. The predicted molar refractivity (Wildman–Crippen MR) is 66.6 cm³/mol. The third-order valence-corrected chi connectivity index (χ3v) is 3.37. The summed E-state index contributed by atoms with van der Waals surface area (Å²) in [6, 6.07) is 3.54. The van der Waals surface area contributed by atoms with Crippen LogP contribution >= 0.6 is 0 Å². The van der Waals surface area contributed by atoms with Crippen LogP contribution in [0.4, 0.5) is 0 Å². The standard InChI is InChI=1S/C13H23N3/c1-3-13(4-2)16-10-8-12(15-16)7-9-14-11-5-6-11/h8,10-11,13-14H,3-7,9H2,1-2H3. The summed E-state index contributed by atoms with van der Waals surface area (Å²) in [5.74, 6) is 0.